The molecule has 0 heterocycles. The van der Waals surface area contributed by atoms with Gasteiger partial charge < -0.3 is 15.8 Å². The second kappa shape index (κ2) is 9.76. The molecule has 7 heteroatoms. The van der Waals surface area contributed by atoms with Gasteiger partial charge in [0.2, 0.25) is 0 Å². The van der Waals surface area contributed by atoms with Crippen LogP contribution < -0.4 is 16.4 Å². The number of aliphatic imine (C=N–C) groups is 1. The van der Waals surface area contributed by atoms with E-state index >= 15 is 0 Å². The Hall–Kier alpha value is -2.29. The van der Waals surface area contributed by atoms with E-state index in [0.717, 1.165) is 11.3 Å². The molecule has 0 aromatic heterocycles. The number of ether oxygens (including phenoxy) is 1. The minimum atomic E-state index is -0.498. The van der Waals surface area contributed by atoms with Gasteiger partial charge in [-0.05, 0) is 36.8 Å². The average Bonchev–Trinajstić information content (AvgIpc) is 2.56. The van der Waals surface area contributed by atoms with Crippen LogP contribution in [0.3, 0.4) is 0 Å². The smallest absolute Gasteiger partial charge is 0.411 e. The first kappa shape index (κ1) is 19.8. The van der Waals surface area contributed by atoms with Crippen molar-refractivity contribution < 1.29 is 9.53 Å². The number of amides is 1. The molecule has 128 valence electrons. The number of halogens is 1. The summed E-state index contributed by atoms with van der Waals surface area (Å²) in [6.45, 7) is 2.48. The molecule has 0 atom stereocenters. The molecule has 4 N–H and O–H groups in total. The maximum Gasteiger partial charge on any atom is 0.411 e. The molecule has 2 aromatic rings. The first-order valence-electron chi connectivity index (χ1n) is 7.14. The Morgan fingerprint density at radius 1 is 1.04 bits per heavy atom. The number of methoxy groups -OCH3 is 1. The van der Waals surface area contributed by atoms with E-state index in [2.05, 4.69) is 20.4 Å². The van der Waals surface area contributed by atoms with Crippen LogP contribution in [-0.4, -0.2) is 19.2 Å². The van der Waals surface area contributed by atoms with Crippen LogP contribution in [0.4, 0.5) is 16.2 Å². The Kier molecular flexibility index (Phi) is 8.03. The second-order valence-electron chi connectivity index (χ2n) is 5.01. The van der Waals surface area contributed by atoms with Crippen LogP contribution in [0.15, 0.2) is 53.5 Å². The number of aryl methyl sites for hydroxylation is 1. The quantitative estimate of drug-likeness (QED) is 0.384. The molecule has 0 saturated heterocycles. The topological polar surface area (TPSA) is 88.7 Å². The van der Waals surface area contributed by atoms with Gasteiger partial charge in [-0.1, -0.05) is 29.8 Å². The SMILES string of the molecule is COC(=O)Nc1ccc(CN=C(N)Nc2ccc(C)cc2)cc1.I. The summed E-state index contributed by atoms with van der Waals surface area (Å²) in [4.78, 5) is 15.4. The minimum absolute atomic E-state index is 0. The molecule has 0 radical (unpaired) electrons. The van der Waals surface area contributed by atoms with Crippen molar-refractivity contribution in [2.24, 2.45) is 10.7 Å². The highest BCUT2D eigenvalue weighted by Crippen LogP contribution is 2.11. The Morgan fingerprint density at radius 2 is 1.58 bits per heavy atom. The van der Waals surface area contributed by atoms with E-state index in [0.29, 0.717) is 18.2 Å². The van der Waals surface area contributed by atoms with E-state index in [9.17, 15) is 4.79 Å². The molecule has 24 heavy (non-hydrogen) atoms. The van der Waals surface area contributed by atoms with E-state index in [-0.39, 0.29) is 24.0 Å². The number of hydrogen-bond donors (Lipinski definition) is 3. The van der Waals surface area contributed by atoms with Gasteiger partial charge in [0.1, 0.15) is 0 Å². The van der Waals surface area contributed by atoms with Crippen molar-refractivity contribution in [3.8, 4) is 0 Å². The fourth-order valence-corrected chi connectivity index (χ4v) is 1.86. The predicted octanol–water partition coefficient (Wildman–Crippen LogP) is 3.72. The van der Waals surface area contributed by atoms with E-state index < -0.39 is 6.09 Å². The Bertz CT molecular complexity index is 685. The van der Waals surface area contributed by atoms with Crippen molar-refractivity contribution in [2.45, 2.75) is 13.5 Å². The lowest BCUT2D eigenvalue weighted by molar-refractivity contribution is 0.187. The number of benzene rings is 2. The monoisotopic (exact) mass is 440 g/mol. The van der Waals surface area contributed by atoms with Gasteiger partial charge >= 0.3 is 6.09 Å². The van der Waals surface area contributed by atoms with Crippen LogP contribution in [0, 0.1) is 6.92 Å². The molecule has 0 unspecified atom stereocenters. The van der Waals surface area contributed by atoms with Gasteiger partial charge in [0.15, 0.2) is 5.96 Å². The summed E-state index contributed by atoms with van der Waals surface area (Å²) in [5.74, 6) is 0.352. The molecule has 0 aliphatic rings. The highest BCUT2D eigenvalue weighted by Gasteiger charge is 2.00. The predicted molar refractivity (Wildman–Crippen MR) is 108 cm³/mol. The summed E-state index contributed by atoms with van der Waals surface area (Å²) in [5, 5.41) is 5.63. The standard InChI is InChI=1S/C17H20N4O2.HI/c1-12-3-7-14(8-4-12)20-16(18)19-11-13-5-9-15(10-6-13)21-17(22)23-2;/h3-10H,11H2,1-2H3,(H,21,22)(H3,18,19,20);1H. The first-order chi connectivity index (χ1) is 11.1. The summed E-state index contributed by atoms with van der Waals surface area (Å²) in [5.41, 5.74) is 9.60. The van der Waals surface area contributed by atoms with Crippen molar-refractivity contribution in [3.63, 3.8) is 0 Å². The normalized spacial score (nSPS) is 10.5. The van der Waals surface area contributed by atoms with Crippen LogP contribution in [-0.2, 0) is 11.3 Å². The van der Waals surface area contributed by atoms with Gasteiger partial charge in [0.05, 0.1) is 13.7 Å². The van der Waals surface area contributed by atoms with Crippen LogP contribution >= 0.6 is 24.0 Å². The lowest BCUT2D eigenvalue weighted by atomic mass is 10.2. The molecular weight excluding hydrogens is 419 g/mol. The van der Waals surface area contributed by atoms with Gasteiger partial charge in [-0.15, -0.1) is 24.0 Å². The van der Waals surface area contributed by atoms with Crippen molar-refractivity contribution in [3.05, 3.63) is 59.7 Å². The minimum Gasteiger partial charge on any atom is -0.453 e. The summed E-state index contributed by atoms with van der Waals surface area (Å²) < 4.78 is 4.53. The maximum atomic E-state index is 11.1. The van der Waals surface area contributed by atoms with E-state index in [1.807, 2.05) is 43.3 Å². The molecule has 2 rings (SSSR count). The number of rotatable bonds is 4. The molecular formula is C17H21IN4O2. The van der Waals surface area contributed by atoms with Crippen LogP contribution in [0.1, 0.15) is 11.1 Å². The number of anilines is 2. The van der Waals surface area contributed by atoms with Crippen molar-refractivity contribution in [1.29, 1.82) is 0 Å². The van der Waals surface area contributed by atoms with E-state index in [1.165, 1.54) is 12.7 Å². The maximum absolute atomic E-state index is 11.1. The number of carbonyl (C=O) groups excluding carboxylic acids is 1. The highest BCUT2D eigenvalue weighted by molar-refractivity contribution is 14.0. The molecule has 6 nitrogen and oxygen atoms in total. The van der Waals surface area contributed by atoms with Crippen LogP contribution in [0.2, 0.25) is 0 Å². The lowest BCUT2D eigenvalue weighted by Crippen LogP contribution is -2.22. The molecule has 0 fully saturated rings. The summed E-state index contributed by atoms with van der Waals surface area (Å²) in [6, 6.07) is 15.2. The fourth-order valence-electron chi connectivity index (χ4n) is 1.86. The second-order valence-corrected chi connectivity index (χ2v) is 5.01. The molecule has 0 bridgehead atoms. The van der Waals surface area contributed by atoms with Gasteiger partial charge in [-0.3, -0.25) is 5.32 Å². The summed E-state index contributed by atoms with van der Waals surface area (Å²) in [7, 11) is 1.32. The van der Waals surface area contributed by atoms with Crippen molar-refractivity contribution >= 4 is 47.4 Å². The molecule has 1 amide bonds. The number of hydrogen-bond acceptors (Lipinski definition) is 3. The average molecular weight is 440 g/mol. The van der Waals surface area contributed by atoms with Gasteiger partial charge in [-0.2, -0.15) is 0 Å². The number of carbonyl (C=O) groups is 1. The summed E-state index contributed by atoms with van der Waals surface area (Å²) >= 11 is 0. The zero-order valence-corrected chi connectivity index (χ0v) is 15.9. The fraction of sp³-hybridized carbons (Fsp3) is 0.176. The Morgan fingerprint density at radius 3 is 2.17 bits per heavy atom. The number of guanidine groups is 1. The first-order valence-corrected chi connectivity index (χ1v) is 7.14. The van der Waals surface area contributed by atoms with E-state index in [4.69, 9.17) is 5.73 Å². The van der Waals surface area contributed by atoms with Crippen LogP contribution in [0.5, 0.6) is 0 Å². The Labute approximate surface area is 158 Å². The highest BCUT2D eigenvalue weighted by atomic mass is 127. The molecule has 0 aliphatic carbocycles. The molecule has 0 saturated carbocycles. The molecule has 2 aromatic carbocycles. The van der Waals surface area contributed by atoms with Crippen molar-refractivity contribution in [1.82, 2.24) is 0 Å². The van der Waals surface area contributed by atoms with Crippen molar-refractivity contribution in [2.75, 3.05) is 17.7 Å². The number of nitrogens with two attached hydrogens (primary N) is 1. The van der Waals surface area contributed by atoms with Gasteiger partial charge in [0.25, 0.3) is 0 Å². The third-order valence-corrected chi connectivity index (χ3v) is 3.14. The van der Waals surface area contributed by atoms with Gasteiger partial charge in [0, 0.05) is 11.4 Å². The third kappa shape index (κ3) is 6.45. The zero-order valence-electron chi connectivity index (χ0n) is 13.6. The Balaban J connectivity index is 0.00000288. The molecule has 0 aliphatic heterocycles. The molecule has 0 spiro atoms. The zero-order chi connectivity index (χ0) is 16.7. The largest absolute Gasteiger partial charge is 0.453 e. The van der Waals surface area contributed by atoms with Gasteiger partial charge in [-0.25, -0.2) is 9.79 Å². The number of nitrogens with zero attached hydrogens (tertiary/aromatic N) is 1. The van der Waals surface area contributed by atoms with E-state index in [1.54, 1.807) is 12.1 Å². The number of nitrogens with one attached hydrogen (secondary N) is 2. The van der Waals surface area contributed by atoms with Crippen LogP contribution in [0.25, 0.3) is 0 Å². The summed E-state index contributed by atoms with van der Waals surface area (Å²) in [6.07, 6.45) is -0.498. The lowest BCUT2D eigenvalue weighted by Gasteiger charge is -2.07. The third-order valence-electron chi connectivity index (χ3n) is 3.14.